The molecule has 0 fully saturated rings. The molecule has 0 saturated heterocycles. The van der Waals surface area contributed by atoms with Crippen LogP contribution in [0.15, 0.2) is 35.1 Å². The van der Waals surface area contributed by atoms with E-state index in [2.05, 4.69) is 35.6 Å². The topological polar surface area (TPSA) is 124 Å². The molecule has 1 atom stereocenters. The lowest BCUT2D eigenvalue weighted by atomic mass is 10.3. The average molecular weight is 364 g/mol. The maximum absolute atomic E-state index is 12.7. The molecule has 0 spiro atoms. The van der Waals surface area contributed by atoms with Crippen molar-refractivity contribution in [2.24, 2.45) is 0 Å². The zero-order valence-corrected chi connectivity index (χ0v) is 14.9. The van der Waals surface area contributed by atoms with Gasteiger partial charge in [-0.3, -0.25) is 14.2 Å². The number of nitrogens with zero attached hydrogens (tertiary/aromatic N) is 7. The zero-order valence-electron chi connectivity index (χ0n) is 14.9. The predicted molar refractivity (Wildman–Crippen MR) is 93.7 cm³/mol. The summed E-state index contributed by atoms with van der Waals surface area (Å²) >= 11 is 0. The van der Waals surface area contributed by atoms with Gasteiger partial charge >= 0.3 is 0 Å². The normalized spacial score (nSPS) is 12.3. The predicted octanol–water partition coefficient (Wildman–Crippen LogP) is 1.68. The Hall–Kier alpha value is -3.69. The molecule has 136 valence electrons. The fraction of sp³-hybridized carbons (Fsp3) is 0.235. The van der Waals surface area contributed by atoms with Gasteiger partial charge in [-0.05, 0) is 39.0 Å². The second-order valence-corrected chi connectivity index (χ2v) is 6.09. The first kappa shape index (κ1) is 16.8. The van der Waals surface area contributed by atoms with E-state index in [1.54, 1.807) is 29.8 Å². The van der Waals surface area contributed by atoms with Gasteiger partial charge in [0.2, 0.25) is 17.5 Å². The minimum Gasteiger partial charge on any atom is -0.338 e. The lowest BCUT2D eigenvalue weighted by Gasteiger charge is -2.09. The van der Waals surface area contributed by atoms with E-state index in [9.17, 15) is 4.79 Å². The van der Waals surface area contributed by atoms with Gasteiger partial charge in [-0.15, -0.1) is 10.2 Å². The number of carbonyl (C=O) groups excluding carboxylic acids is 1. The SMILES string of the molecule is Cc1cc(C)n2c(C(=O)NC(C)c3nc(-c4cccnc4)no3)nnc2n1. The Labute approximate surface area is 153 Å². The molecule has 4 heterocycles. The lowest BCUT2D eigenvalue weighted by molar-refractivity contribution is 0.0920. The summed E-state index contributed by atoms with van der Waals surface area (Å²) in [4.78, 5) is 25.3. The first-order valence-electron chi connectivity index (χ1n) is 8.27. The number of fused-ring (bicyclic) bond motifs is 1. The van der Waals surface area contributed by atoms with E-state index < -0.39 is 11.9 Å². The van der Waals surface area contributed by atoms with E-state index >= 15 is 0 Å². The van der Waals surface area contributed by atoms with Gasteiger partial charge in [-0.1, -0.05) is 5.16 Å². The highest BCUT2D eigenvalue weighted by Crippen LogP contribution is 2.18. The van der Waals surface area contributed by atoms with Gasteiger partial charge in [0.05, 0.1) is 0 Å². The second kappa shape index (κ2) is 6.56. The molecule has 10 heteroatoms. The average Bonchev–Trinajstić information content (AvgIpc) is 3.29. The summed E-state index contributed by atoms with van der Waals surface area (Å²) in [5.41, 5.74) is 2.35. The zero-order chi connectivity index (χ0) is 19.0. The summed E-state index contributed by atoms with van der Waals surface area (Å²) < 4.78 is 6.87. The Bertz CT molecular complexity index is 1120. The summed E-state index contributed by atoms with van der Waals surface area (Å²) in [6, 6.07) is 4.95. The van der Waals surface area contributed by atoms with Crippen LogP contribution >= 0.6 is 0 Å². The van der Waals surface area contributed by atoms with Crippen LogP contribution in [0.2, 0.25) is 0 Å². The van der Waals surface area contributed by atoms with E-state index in [0.29, 0.717) is 11.6 Å². The molecule has 1 unspecified atom stereocenters. The summed E-state index contributed by atoms with van der Waals surface area (Å²) in [6.07, 6.45) is 3.30. The molecule has 0 aliphatic heterocycles. The summed E-state index contributed by atoms with van der Waals surface area (Å²) in [7, 11) is 0. The molecule has 0 aliphatic carbocycles. The van der Waals surface area contributed by atoms with Crippen molar-refractivity contribution in [2.75, 3.05) is 0 Å². The molecule has 4 rings (SSSR count). The first-order chi connectivity index (χ1) is 13.0. The highest BCUT2D eigenvalue weighted by atomic mass is 16.5. The van der Waals surface area contributed by atoms with Crippen molar-refractivity contribution in [1.82, 2.24) is 40.0 Å². The van der Waals surface area contributed by atoms with Crippen molar-refractivity contribution in [3.05, 3.63) is 53.7 Å². The maximum atomic E-state index is 12.7. The van der Waals surface area contributed by atoms with Crippen LogP contribution in [-0.2, 0) is 0 Å². The number of rotatable bonds is 4. The maximum Gasteiger partial charge on any atom is 0.290 e. The minimum atomic E-state index is -0.513. The third kappa shape index (κ3) is 3.12. The Morgan fingerprint density at radius 3 is 2.89 bits per heavy atom. The highest BCUT2D eigenvalue weighted by molar-refractivity contribution is 5.91. The van der Waals surface area contributed by atoms with Gasteiger partial charge in [-0.25, -0.2) is 4.98 Å². The van der Waals surface area contributed by atoms with E-state index in [1.807, 2.05) is 26.0 Å². The molecular formula is C17H16N8O2. The van der Waals surface area contributed by atoms with E-state index in [-0.39, 0.29) is 11.7 Å². The standard InChI is InChI=1S/C17H16N8O2/c1-9-7-10(2)25-14(22-23-17(25)19-9)15(26)20-11(3)16-21-13(24-27-16)12-5-4-6-18-8-12/h4-8,11H,1-3H3,(H,20,26). The van der Waals surface area contributed by atoms with Gasteiger partial charge in [-0.2, -0.15) is 4.98 Å². The number of hydrogen-bond donors (Lipinski definition) is 1. The molecule has 10 nitrogen and oxygen atoms in total. The van der Waals surface area contributed by atoms with Crippen molar-refractivity contribution >= 4 is 11.7 Å². The molecule has 0 saturated carbocycles. The fourth-order valence-electron chi connectivity index (χ4n) is 2.72. The Kier molecular flexibility index (Phi) is 4.07. The highest BCUT2D eigenvalue weighted by Gasteiger charge is 2.22. The van der Waals surface area contributed by atoms with Crippen molar-refractivity contribution in [1.29, 1.82) is 0 Å². The second-order valence-electron chi connectivity index (χ2n) is 6.09. The Morgan fingerprint density at radius 1 is 1.26 bits per heavy atom. The van der Waals surface area contributed by atoms with E-state index in [0.717, 1.165) is 17.0 Å². The van der Waals surface area contributed by atoms with Crippen LogP contribution in [-0.4, -0.2) is 40.6 Å². The van der Waals surface area contributed by atoms with Gasteiger partial charge in [0.1, 0.15) is 6.04 Å². The van der Waals surface area contributed by atoms with Crippen LogP contribution in [0, 0.1) is 13.8 Å². The number of pyridine rings is 1. The molecule has 0 radical (unpaired) electrons. The third-order valence-electron chi connectivity index (χ3n) is 3.98. The van der Waals surface area contributed by atoms with Gasteiger partial charge in [0.25, 0.3) is 11.7 Å². The number of aromatic nitrogens is 7. The van der Waals surface area contributed by atoms with Crippen LogP contribution in [0.4, 0.5) is 0 Å². The summed E-state index contributed by atoms with van der Waals surface area (Å²) in [5.74, 6) is 0.796. The van der Waals surface area contributed by atoms with Gasteiger partial charge in [0.15, 0.2) is 0 Å². The minimum absolute atomic E-state index is 0.147. The smallest absolute Gasteiger partial charge is 0.290 e. The van der Waals surface area contributed by atoms with E-state index in [1.165, 1.54) is 0 Å². The van der Waals surface area contributed by atoms with Crippen LogP contribution in [0.25, 0.3) is 17.2 Å². The largest absolute Gasteiger partial charge is 0.338 e. The third-order valence-corrected chi connectivity index (χ3v) is 3.98. The van der Waals surface area contributed by atoms with Gasteiger partial charge < -0.3 is 9.84 Å². The van der Waals surface area contributed by atoms with Crippen LogP contribution < -0.4 is 5.32 Å². The summed E-state index contributed by atoms with van der Waals surface area (Å²) in [6.45, 7) is 5.47. The molecule has 0 bridgehead atoms. The van der Waals surface area contributed by atoms with Crippen molar-refractivity contribution in [3.63, 3.8) is 0 Å². The quantitative estimate of drug-likeness (QED) is 0.580. The molecule has 0 aliphatic rings. The van der Waals surface area contributed by atoms with Gasteiger partial charge in [0, 0.05) is 29.3 Å². The van der Waals surface area contributed by atoms with Crippen molar-refractivity contribution in [2.45, 2.75) is 26.8 Å². The monoisotopic (exact) mass is 364 g/mol. The molecule has 4 aromatic rings. The molecule has 27 heavy (non-hydrogen) atoms. The van der Waals surface area contributed by atoms with Crippen LogP contribution in [0.5, 0.6) is 0 Å². The number of hydrogen-bond acceptors (Lipinski definition) is 8. The van der Waals surface area contributed by atoms with Crippen LogP contribution in [0.3, 0.4) is 0 Å². The number of aryl methyl sites for hydroxylation is 2. The number of amides is 1. The molecule has 4 aromatic heterocycles. The number of nitrogens with one attached hydrogen (secondary N) is 1. The molecule has 1 N–H and O–H groups in total. The lowest BCUT2D eigenvalue weighted by Crippen LogP contribution is -2.29. The van der Waals surface area contributed by atoms with Crippen LogP contribution in [0.1, 0.15) is 40.9 Å². The molecule has 1 amide bonds. The fourth-order valence-corrected chi connectivity index (χ4v) is 2.72. The first-order valence-corrected chi connectivity index (χ1v) is 8.27. The van der Waals surface area contributed by atoms with Crippen molar-refractivity contribution < 1.29 is 9.32 Å². The van der Waals surface area contributed by atoms with E-state index in [4.69, 9.17) is 4.52 Å². The summed E-state index contributed by atoms with van der Waals surface area (Å²) in [5, 5.41) is 14.7. The Morgan fingerprint density at radius 2 is 2.11 bits per heavy atom. The number of carbonyl (C=O) groups is 1. The molecular weight excluding hydrogens is 348 g/mol. The Balaban J connectivity index is 1.56. The molecule has 0 aromatic carbocycles. The van der Waals surface area contributed by atoms with Crippen molar-refractivity contribution in [3.8, 4) is 11.4 Å².